The Morgan fingerprint density at radius 3 is 2.42 bits per heavy atom. The maximum absolute atomic E-state index is 12.1. The van der Waals surface area contributed by atoms with Gasteiger partial charge in [0, 0.05) is 16.2 Å². The molecule has 0 aliphatic carbocycles. The molecular formula is C15H23BrN2O. The molecule has 0 aromatic heterocycles. The predicted molar refractivity (Wildman–Crippen MR) is 84.5 cm³/mol. The number of nitrogens with one attached hydrogen (secondary N) is 2. The highest BCUT2D eigenvalue weighted by atomic mass is 79.9. The van der Waals surface area contributed by atoms with Crippen molar-refractivity contribution >= 4 is 27.5 Å². The molecule has 0 saturated carbocycles. The number of aryl methyl sites for hydroxylation is 1. The highest BCUT2D eigenvalue weighted by Gasteiger charge is 2.15. The van der Waals surface area contributed by atoms with Gasteiger partial charge in [-0.25, -0.2) is 0 Å². The fraction of sp³-hybridized carbons (Fsp3) is 0.533. The zero-order valence-electron chi connectivity index (χ0n) is 12.1. The molecule has 0 spiro atoms. The molecule has 1 unspecified atom stereocenters. The molecule has 106 valence electrons. The molecule has 1 aromatic rings. The molecule has 0 fully saturated rings. The number of carbonyl (C=O) groups is 1. The summed E-state index contributed by atoms with van der Waals surface area (Å²) in [6.45, 7) is 8.09. The Morgan fingerprint density at radius 1 is 1.26 bits per heavy atom. The van der Waals surface area contributed by atoms with Crippen LogP contribution in [0.15, 0.2) is 22.7 Å². The van der Waals surface area contributed by atoms with E-state index in [9.17, 15) is 4.79 Å². The van der Waals surface area contributed by atoms with E-state index in [0.717, 1.165) is 28.6 Å². The fourth-order valence-corrected chi connectivity index (χ4v) is 2.56. The standard InChI is InChI=1S/C15H23BrN2O/c1-5-13(6-2)18-15(19)11(4)17-14-8-10(3)7-12(16)9-14/h7-9,11,13,17H,5-6H2,1-4H3,(H,18,19). The molecule has 19 heavy (non-hydrogen) atoms. The number of anilines is 1. The molecule has 0 radical (unpaired) electrons. The van der Waals surface area contributed by atoms with Crippen LogP contribution in [0.5, 0.6) is 0 Å². The third-order valence-electron chi connectivity index (χ3n) is 3.15. The van der Waals surface area contributed by atoms with E-state index in [1.54, 1.807) is 0 Å². The van der Waals surface area contributed by atoms with Gasteiger partial charge in [-0.05, 0) is 50.5 Å². The summed E-state index contributed by atoms with van der Waals surface area (Å²) >= 11 is 3.46. The summed E-state index contributed by atoms with van der Waals surface area (Å²) in [7, 11) is 0. The topological polar surface area (TPSA) is 41.1 Å². The van der Waals surface area contributed by atoms with Crippen LogP contribution in [-0.4, -0.2) is 18.0 Å². The third kappa shape index (κ3) is 5.23. The van der Waals surface area contributed by atoms with Crippen LogP contribution in [0.1, 0.15) is 39.2 Å². The van der Waals surface area contributed by atoms with Crippen LogP contribution in [0.3, 0.4) is 0 Å². The van der Waals surface area contributed by atoms with Gasteiger partial charge in [-0.15, -0.1) is 0 Å². The number of halogens is 1. The van der Waals surface area contributed by atoms with Gasteiger partial charge in [-0.2, -0.15) is 0 Å². The van der Waals surface area contributed by atoms with Gasteiger partial charge in [-0.1, -0.05) is 29.8 Å². The number of hydrogen-bond acceptors (Lipinski definition) is 2. The van der Waals surface area contributed by atoms with Crippen molar-refractivity contribution in [2.24, 2.45) is 0 Å². The zero-order valence-corrected chi connectivity index (χ0v) is 13.7. The van der Waals surface area contributed by atoms with Crippen molar-refractivity contribution in [3.8, 4) is 0 Å². The number of carbonyl (C=O) groups excluding carboxylic acids is 1. The van der Waals surface area contributed by atoms with Crippen LogP contribution in [0.4, 0.5) is 5.69 Å². The average Bonchev–Trinajstić information content (AvgIpc) is 2.34. The summed E-state index contributed by atoms with van der Waals surface area (Å²) in [5.41, 5.74) is 2.11. The maximum atomic E-state index is 12.1. The lowest BCUT2D eigenvalue weighted by atomic mass is 10.1. The summed E-state index contributed by atoms with van der Waals surface area (Å²) in [5.74, 6) is 0.0475. The smallest absolute Gasteiger partial charge is 0.242 e. The summed E-state index contributed by atoms with van der Waals surface area (Å²) < 4.78 is 1.02. The normalized spacial score (nSPS) is 12.3. The van der Waals surface area contributed by atoms with Gasteiger partial charge in [0.1, 0.15) is 6.04 Å². The second-order valence-electron chi connectivity index (χ2n) is 4.91. The van der Waals surface area contributed by atoms with Gasteiger partial charge >= 0.3 is 0 Å². The van der Waals surface area contributed by atoms with Crippen LogP contribution < -0.4 is 10.6 Å². The Balaban J connectivity index is 2.63. The quantitative estimate of drug-likeness (QED) is 0.833. The Hall–Kier alpha value is -1.03. The van der Waals surface area contributed by atoms with Crippen LogP contribution in [0, 0.1) is 6.92 Å². The number of amides is 1. The van der Waals surface area contributed by atoms with Crippen molar-refractivity contribution in [1.82, 2.24) is 5.32 Å². The van der Waals surface area contributed by atoms with Gasteiger partial charge < -0.3 is 10.6 Å². The zero-order chi connectivity index (χ0) is 14.4. The Bertz CT molecular complexity index is 410. The Morgan fingerprint density at radius 2 is 1.89 bits per heavy atom. The van der Waals surface area contributed by atoms with Crippen molar-refractivity contribution in [3.63, 3.8) is 0 Å². The van der Waals surface area contributed by atoms with Crippen molar-refractivity contribution in [3.05, 3.63) is 28.2 Å². The first-order valence-electron chi connectivity index (χ1n) is 6.80. The van der Waals surface area contributed by atoms with Crippen molar-refractivity contribution in [2.75, 3.05) is 5.32 Å². The summed E-state index contributed by atoms with van der Waals surface area (Å²) in [6, 6.07) is 6.08. The van der Waals surface area contributed by atoms with Crippen LogP contribution in [0.25, 0.3) is 0 Å². The lowest BCUT2D eigenvalue weighted by Gasteiger charge is -2.20. The molecule has 1 rings (SSSR count). The molecule has 0 aliphatic rings. The van der Waals surface area contributed by atoms with Crippen molar-refractivity contribution in [2.45, 2.75) is 52.6 Å². The molecule has 2 N–H and O–H groups in total. The highest BCUT2D eigenvalue weighted by molar-refractivity contribution is 9.10. The molecule has 3 nitrogen and oxygen atoms in total. The van der Waals surface area contributed by atoms with E-state index in [4.69, 9.17) is 0 Å². The molecule has 0 aliphatic heterocycles. The summed E-state index contributed by atoms with van der Waals surface area (Å²) in [5, 5.41) is 6.29. The lowest BCUT2D eigenvalue weighted by molar-refractivity contribution is -0.122. The monoisotopic (exact) mass is 326 g/mol. The predicted octanol–water partition coefficient (Wildman–Crippen LogP) is 3.86. The maximum Gasteiger partial charge on any atom is 0.242 e. The van der Waals surface area contributed by atoms with E-state index >= 15 is 0 Å². The SMILES string of the molecule is CCC(CC)NC(=O)C(C)Nc1cc(C)cc(Br)c1. The number of benzene rings is 1. The highest BCUT2D eigenvalue weighted by Crippen LogP contribution is 2.19. The molecule has 4 heteroatoms. The van der Waals surface area contributed by atoms with Crippen LogP contribution in [-0.2, 0) is 4.79 Å². The molecule has 0 heterocycles. The third-order valence-corrected chi connectivity index (χ3v) is 3.61. The minimum Gasteiger partial charge on any atom is -0.374 e. The van der Waals surface area contributed by atoms with Crippen LogP contribution >= 0.6 is 15.9 Å². The van der Waals surface area contributed by atoms with Crippen molar-refractivity contribution in [1.29, 1.82) is 0 Å². The largest absolute Gasteiger partial charge is 0.374 e. The molecule has 0 saturated heterocycles. The van der Waals surface area contributed by atoms with E-state index in [2.05, 4.69) is 40.4 Å². The van der Waals surface area contributed by atoms with Crippen molar-refractivity contribution < 1.29 is 4.79 Å². The molecule has 1 amide bonds. The minimum atomic E-state index is -0.241. The van der Waals surface area contributed by atoms with E-state index in [1.807, 2.05) is 32.0 Å². The Labute approximate surface area is 124 Å². The molecule has 1 atom stereocenters. The average molecular weight is 327 g/mol. The first kappa shape index (κ1) is 16.0. The van der Waals surface area contributed by atoms with E-state index in [-0.39, 0.29) is 18.0 Å². The lowest BCUT2D eigenvalue weighted by Crippen LogP contribution is -2.42. The van der Waals surface area contributed by atoms with Gasteiger partial charge in [0.15, 0.2) is 0 Å². The van der Waals surface area contributed by atoms with E-state index < -0.39 is 0 Å². The second kappa shape index (κ2) is 7.53. The van der Waals surface area contributed by atoms with Gasteiger partial charge in [0.05, 0.1) is 0 Å². The summed E-state index contributed by atoms with van der Waals surface area (Å²) in [4.78, 5) is 12.1. The van der Waals surface area contributed by atoms with Gasteiger partial charge in [0.2, 0.25) is 5.91 Å². The van der Waals surface area contributed by atoms with Gasteiger partial charge in [-0.3, -0.25) is 4.79 Å². The molecular weight excluding hydrogens is 304 g/mol. The van der Waals surface area contributed by atoms with Crippen LogP contribution in [0.2, 0.25) is 0 Å². The Kier molecular flexibility index (Phi) is 6.35. The second-order valence-corrected chi connectivity index (χ2v) is 5.82. The first-order chi connectivity index (χ1) is 8.96. The first-order valence-corrected chi connectivity index (χ1v) is 7.59. The van der Waals surface area contributed by atoms with Gasteiger partial charge in [0.25, 0.3) is 0 Å². The minimum absolute atomic E-state index is 0.0475. The van der Waals surface area contributed by atoms with E-state index in [1.165, 1.54) is 0 Å². The number of hydrogen-bond donors (Lipinski definition) is 2. The van der Waals surface area contributed by atoms with E-state index in [0.29, 0.717) is 0 Å². The molecule has 1 aromatic carbocycles. The molecule has 0 bridgehead atoms. The summed E-state index contributed by atoms with van der Waals surface area (Å²) in [6.07, 6.45) is 1.93. The fourth-order valence-electron chi connectivity index (χ4n) is 1.95. The number of rotatable bonds is 6.